The number of aryl methyl sites for hydroxylation is 1. The van der Waals surface area contributed by atoms with Crippen LogP contribution in [0.5, 0.6) is 0 Å². The highest BCUT2D eigenvalue weighted by Gasteiger charge is 2.22. The van der Waals surface area contributed by atoms with Crippen LogP contribution in [0.15, 0.2) is 188 Å². The van der Waals surface area contributed by atoms with Gasteiger partial charge in [-0.15, -0.1) is 11.3 Å². The molecule has 0 aliphatic rings. The van der Waals surface area contributed by atoms with Gasteiger partial charge in [0.1, 0.15) is 0 Å². The summed E-state index contributed by atoms with van der Waals surface area (Å²) in [6, 6.07) is 66.9. The quantitative estimate of drug-likeness (QED) is 0.170. The predicted molar refractivity (Wildman–Crippen MR) is 239 cm³/mol. The number of fused-ring (bicyclic) bond motifs is 6. The van der Waals surface area contributed by atoms with Crippen LogP contribution >= 0.6 is 11.3 Å². The second-order valence-electron chi connectivity index (χ2n) is 14.5. The van der Waals surface area contributed by atoms with Crippen molar-refractivity contribution in [1.82, 2.24) is 19.5 Å². The minimum absolute atomic E-state index is 0.613. The van der Waals surface area contributed by atoms with Crippen LogP contribution in [0.2, 0.25) is 0 Å². The third-order valence-corrected chi connectivity index (χ3v) is 12.1. The Morgan fingerprint density at radius 1 is 0.386 bits per heavy atom. The summed E-state index contributed by atoms with van der Waals surface area (Å²) in [5.41, 5.74) is 11.9. The largest absolute Gasteiger partial charge is 0.308 e. The fraction of sp³-hybridized carbons (Fsp3) is 0.0192. The molecule has 5 heteroatoms. The zero-order valence-corrected chi connectivity index (χ0v) is 31.9. The Labute approximate surface area is 334 Å². The number of nitrogens with zero attached hydrogens (tertiary/aromatic N) is 4. The van der Waals surface area contributed by atoms with Crippen LogP contribution in [0.4, 0.5) is 0 Å². The zero-order valence-electron chi connectivity index (χ0n) is 31.1. The second-order valence-corrected chi connectivity index (χ2v) is 15.6. The van der Waals surface area contributed by atoms with Crippen LogP contribution in [0.3, 0.4) is 0 Å². The van der Waals surface area contributed by atoms with E-state index in [4.69, 9.17) is 15.0 Å². The summed E-state index contributed by atoms with van der Waals surface area (Å²) in [5, 5.41) is 4.92. The van der Waals surface area contributed by atoms with Crippen molar-refractivity contribution >= 4 is 53.3 Å². The van der Waals surface area contributed by atoms with E-state index in [0.717, 1.165) is 39.0 Å². The van der Waals surface area contributed by atoms with Gasteiger partial charge in [0, 0.05) is 47.6 Å². The highest BCUT2D eigenvalue weighted by molar-refractivity contribution is 7.25. The lowest BCUT2D eigenvalue weighted by Gasteiger charge is -2.17. The smallest absolute Gasteiger partial charge is 0.166 e. The Morgan fingerprint density at radius 2 is 0.982 bits per heavy atom. The number of hydrogen-bond donors (Lipinski definition) is 0. The molecule has 0 radical (unpaired) electrons. The summed E-state index contributed by atoms with van der Waals surface area (Å²) < 4.78 is 4.95. The van der Waals surface area contributed by atoms with Gasteiger partial charge in [-0.05, 0) is 65.6 Å². The Morgan fingerprint density at radius 3 is 1.74 bits per heavy atom. The van der Waals surface area contributed by atoms with Gasteiger partial charge < -0.3 is 4.57 Å². The first-order valence-corrected chi connectivity index (χ1v) is 20.0. The van der Waals surface area contributed by atoms with Gasteiger partial charge in [0.25, 0.3) is 0 Å². The van der Waals surface area contributed by atoms with E-state index < -0.39 is 0 Å². The predicted octanol–water partition coefficient (Wildman–Crippen LogP) is 14.0. The maximum Gasteiger partial charge on any atom is 0.166 e. The molecule has 4 nitrogen and oxygen atoms in total. The van der Waals surface area contributed by atoms with E-state index in [2.05, 4.69) is 163 Å². The highest BCUT2D eigenvalue weighted by Crippen LogP contribution is 2.43. The molecule has 0 amide bonds. The van der Waals surface area contributed by atoms with Gasteiger partial charge >= 0.3 is 0 Å². The maximum atomic E-state index is 5.31. The molecule has 3 heterocycles. The summed E-state index contributed by atoms with van der Waals surface area (Å²) in [4.78, 5) is 15.7. The molecule has 268 valence electrons. The molecular formula is C52H34N4S. The first kappa shape index (κ1) is 33.2. The number of aromatic nitrogens is 4. The fourth-order valence-corrected chi connectivity index (χ4v) is 9.31. The third kappa shape index (κ3) is 5.71. The Bertz CT molecular complexity index is 3230. The standard InChI is InChI=1S/C52H34N4S/c1-33-23-25-34(26-24-33)37-27-29-41-40-17-8-10-20-44(40)56(46(41)32-37)45-30-28-38(39-19-12-22-48-49(39)42-18-9-11-21-47(42)57-48)31-43(45)52-54-50(35-13-4-2-5-14-35)53-51(55-52)36-15-6-3-7-16-36/h2-32H,1H3. The molecule has 0 N–H and O–H groups in total. The normalized spacial score (nSPS) is 11.6. The molecule has 3 aromatic heterocycles. The summed E-state index contributed by atoms with van der Waals surface area (Å²) in [7, 11) is 0. The topological polar surface area (TPSA) is 43.6 Å². The highest BCUT2D eigenvalue weighted by atomic mass is 32.1. The Hall–Kier alpha value is -7.21. The second kappa shape index (κ2) is 13.5. The molecule has 8 aromatic carbocycles. The lowest BCUT2D eigenvalue weighted by atomic mass is 9.96. The van der Waals surface area contributed by atoms with Crippen molar-refractivity contribution in [1.29, 1.82) is 0 Å². The molecule has 0 atom stereocenters. The van der Waals surface area contributed by atoms with Crippen LogP contribution < -0.4 is 0 Å². The number of benzene rings is 8. The molecule has 0 aliphatic carbocycles. The first-order chi connectivity index (χ1) is 28.2. The van der Waals surface area contributed by atoms with E-state index >= 15 is 0 Å². The van der Waals surface area contributed by atoms with Gasteiger partial charge in [0.15, 0.2) is 17.5 Å². The van der Waals surface area contributed by atoms with Crippen molar-refractivity contribution in [2.45, 2.75) is 6.92 Å². The van der Waals surface area contributed by atoms with E-state index in [9.17, 15) is 0 Å². The third-order valence-electron chi connectivity index (χ3n) is 10.9. The van der Waals surface area contributed by atoms with Gasteiger partial charge in [-0.25, -0.2) is 15.0 Å². The molecule has 0 spiro atoms. The number of rotatable bonds is 6. The van der Waals surface area contributed by atoms with Crippen molar-refractivity contribution in [3.05, 3.63) is 194 Å². The van der Waals surface area contributed by atoms with Crippen LogP contribution in [0.1, 0.15) is 5.56 Å². The fourth-order valence-electron chi connectivity index (χ4n) is 8.18. The van der Waals surface area contributed by atoms with Crippen LogP contribution in [-0.4, -0.2) is 19.5 Å². The maximum absolute atomic E-state index is 5.31. The van der Waals surface area contributed by atoms with Crippen molar-refractivity contribution in [2.24, 2.45) is 0 Å². The van der Waals surface area contributed by atoms with E-state index in [1.54, 1.807) is 0 Å². The van der Waals surface area contributed by atoms with Crippen molar-refractivity contribution in [3.63, 3.8) is 0 Å². The molecule has 11 aromatic rings. The summed E-state index contributed by atoms with van der Waals surface area (Å²) in [6.45, 7) is 2.13. The molecule has 57 heavy (non-hydrogen) atoms. The van der Waals surface area contributed by atoms with Crippen molar-refractivity contribution in [2.75, 3.05) is 0 Å². The van der Waals surface area contributed by atoms with Crippen LogP contribution in [0, 0.1) is 6.92 Å². The van der Waals surface area contributed by atoms with Gasteiger partial charge in [-0.1, -0.05) is 157 Å². The molecule has 0 unspecified atom stereocenters. The summed E-state index contributed by atoms with van der Waals surface area (Å²) in [5.74, 6) is 1.87. The molecule has 0 aliphatic heterocycles. The van der Waals surface area contributed by atoms with E-state index in [1.165, 1.54) is 53.2 Å². The average Bonchev–Trinajstić information content (AvgIpc) is 3.82. The van der Waals surface area contributed by atoms with E-state index in [1.807, 2.05) is 47.7 Å². The molecular weight excluding hydrogens is 713 g/mol. The van der Waals surface area contributed by atoms with Gasteiger partial charge in [-0.3, -0.25) is 0 Å². The number of para-hydroxylation sites is 1. The number of thiophene rings is 1. The average molecular weight is 747 g/mol. The van der Waals surface area contributed by atoms with E-state index in [0.29, 0.717) is 17.5 Å². The first-order valence-electron chi connectivity index (χ1n) is 19.2. The van der Waals surface area contributed by atoms with Crippen LogP contribution in [-0.2, 0) is 0 Å². The number of hydrogen-bond acceptors (Lipinski definition) is 4. The van der Waals surface area contributed by atoms with E-state index in [-0.39, 0.29) is 0 Å². The Kier molecular flexibility index (Phi) is 7.86. The summed E-state index contributed by atoms with van der Waals surface area (Å²) in [6.07, 6.45) is 0. The molecule has 0 bridgehead atoms. The minimum Gasteiger partial charge on any atom is -0.308 e. The van der Waals surface area contributed by atoms with Crippen molar-refractivity contribution in [3.8, 4) is 62.1 Å². The minimum atomic E-state index is 0.613. The molecule has 0 saturated heterocycles. The summed E-state index contributed by atoms with van der Waals surface area (Å²) >= 11 is 1.84. The lowest BCUT2D eigenvalue weighted by Crippen LogP contribution is -2.04. The van der Waals surface area contributed by atoms with Gasteiger partial charge in [0.2, 0.25) is 0 Å². The lowest BCUT2D eigenvalue weighted by molar-refractivity contribution is 1.06. The van der Waals surface area contributed by atoms with Gasteiger partial charge in [-0.2, -0.15) is 0 Å². The van der Waals surface area contributed by atoms with Gasteiger partial charge in [0.05, 0.1) is 16.7 Å². The van der Waals surface area contributed by atoms with Crippen LogP contribution in [0.25, 0.3) is 104 Å². The monoisotopic (exact) mass is 746 g/mol. The molecule has 11 rings (SSSR count). The molecule has 0 fully saturated rings. The van der Waals surface area contributed by atoms with Crippen molar-refractivity contribution < 1.29 is 0 Å². The Balaban J connectivity index is 1.23. The zero-order chi connectivity index (χ0) is 37.9. The SMILES string of the molecule is Cc1ccc(-c2ccc3c4ccccc4n(-c4ccc(-c5cccc6sc7ccccc7c56)cc4-c4nc(-c5ccccc5)nc(-c5ccccc5)n4)c3c2)cc1. The molecule has 0 saturated carbocycles.